The van der Waals surface area contributed by atoms with Gasteiger partial charge in [-0.15, -0.1) is 5.10 Å². The molecule has 0 fully saturated rings. The number of tetrazole rings is 1. The first-order valence-electron chi connectivity index (χ1n) is 7.93. The predicted molar refractivity (Wildman–Crippen MR) is 92.5 cm³/mol. The summed E-state index contributed by atoms with van der Waals surface area (Å²) in [6.07, 6.45) is 3.44. The van der Waals surface area contributed by atoms with Crippen LogP contribution in [0.25, 0.3) is 0 Å². The van der Waals surface area contributed by atoms with Gasteiger partial charge < -0.3 is 4.90 Å². The van der Waals surface area contributed by atoms with Crippen molar-refractivity contribution < 1.29 is 4.79 Å². The number of unbranched alkanes of at least 4 members (excludes halogenated alkanes) is 1. The molecule has 0 aliphatic carbocycles. The van der Waals surface area contributed by atoms with Crippen LogP contribution in [0.3, 0.4) is 0 Å². The second-order valence-corrected chi connectivity index (χ2v) is 6.33. The van der Waals surface area contributed by atoms with E-state index < -0.39 is 0 Å². The highest BCUT2D eigenvalue weighted by atomic mass is 32.2. The van der Waals surface area contributed by atoms with Gasteiger partial charge in [-0.2, -0.15) is 0 Å². The van der Waals surface area contributed by atoms with E-state index in [1.54, 1.807) is 16.4 Å². The Morgan fingerprint density at radius 1 is 1.26 bits per heavy atom. The minimum absolute atomic E-state index is 0.182. The van der Waals surface area contributed by atoms with Gasteiger partial charge in [0.15, 0.2) is 0 Å². The molecule has 6 nitrogen and oxygen atoms in total. The number of para-hydroxylation sites is 1. The molecule has 0 spiro atoms. The van der Waals surface area contributed by atoms with Gasteiger partial charge in [0.1, 0.15) is 0 Å². The number of thioether (sulfide) groups is 1. The number of hydrogen-bond acceptors (Lipinski definition) is 5. The van der Waals surface area contributed by atoms with E-state index in [0.717, 1.165) is 42.4 Å². The predicted octanol–water partition coefficient (Wildman–Crippen LogP) is 2.92. The lowest BCUT2D eigenvalue weighted by Crippen LogP contribution is -2.31. The van der Waals surface area contributed by atoms with E-state index >= 15 is 0 Å². The highest BCUT2D eigenvalue weighted by Gasteiger charge is 2.14. The Hall–Kier alpha value is -1.89. The molecular weight excluding hydrogens is 310 g/mol. The molecule has 23 heavy (non-hydrogen) atoms. The highest BCUT2D eigenvalue weighted by Crippen LogP contribution is 2.18. The minimum atomic E-state index is 0.182. The monoisotopic (exact) mass is 333 g/mol. The van der Waals surface area contributed by atoms with Crippen molar-refractivity contribution in [3.05, 3.63) is 30.3 Å². The van der Waals surface area contributed by atoms with Crippen molar-refractivity contribution in [3.63, 3.8) is 0 Å². The molecule has 1 aromatic heterocycles. The topological polar surface area (TPSA) is 63.9 Å². The molecule has 0 bridgehead atoms. The normalized spacial score (nSPS) is 10.7. The molecule has 1 amide bonds. The molecule has 0 saturated carbocycles. The summed E-state index contributed by atoms with van der Waals surface area (Å²) in [4.78, 5) is 14.4. The molecule has 124 valence electrons. The van der Waals surface area contributed by atoms with E-state index in [2.05, 4.69) is 22.4 Å². The third-order valence-electron chi connectivity index (χ3n) is 3.45. The first-order valence-corrected chi connectivity index (χ1v) is 8.91. The van der Waals surface area contributed by atoms with Gasteiger partial charge in [-0.05, 0) is 35.4 Å². The van der Waals surface area contributed by atoms with Gasteiger partial charge in [-0.25, -0.2) is 4.68 Å². The van der Waals surface area contributed by atoms with Crippen molar-refractivity contribution in [1.29, 1.82) is 0 Å². The summed E-state index contributed by atoms with van der Waals surface area (Å²) in [6.45, 7) is 2.92. The molecule has 0 unspecified atom stereocenters. The summed E-state index contributed by atoms with van der Waals surface area (Å²) in [5.41, 5.74) is 0.983. The summed E-state index contributed by atoms with van der Waals surface area (Å²) in [6, 6.07) is 9.90. The molecule has 0 saturated heterocycles. The standard InChI is InChI=1S/C16H23N5OS/c1-3-4-12-21(14-9-6-5-7-10-14)15(22)11-8-13-23-16-17-18-19-20(16)2/h5-7,9-10H,3-4,8,11-13H2,1-2H3. The average molecular weight is 333 g/mol. The highest BCUT2D eigenvalue weighted by molar-refractivity contribution is 7.99. The summed E-state index contributed by atoms with van der Waals surface area (Å²) in [5, 5.41) is 12.1. The number of nitrogens with zero attached hydrogens (tertiary/aromatic N) is 5. The van der Waals surface area contributed by atoms with Crippen molar-refractivity contribution in [2.24, 2.45) is 7.05 Å². The average Bonchev–Trinajstić information content (AvgIpc) is 2.98. The Labute approximate surface area is 141 Å². The van der Waals surface area contributed by atoms with Gasteiger partial charge in [0, 0.05) is 31.5 Å². The van der Waals surface area contributed by atoms with Crippen LogP contribution >= 0.6 is 11.8 Å². The Kier molecular flexibility index (Phi) is 7.06. The minimum Gasteiger partial charge on any atom is -0.312 e. The smallest absolute Gasteiger partial charge is 0.227 e. The Bertz CT molecular complexity index is 602. The molecule has 0 atom stereocenters. The maximum Gasteiger partial charge on any atom is 0.227 e. The van der Waals surface area contributed by atoms with Crippen LogP contribution in [0, 0.1) is 0 Å². The van der Waals surface area contributed by atoms with E-state index in [-0.39, 0.29) is 5.91 Å². The second kappa shape index (κ2) is 9.29. The maximum absolute atomic E-state index is 12.5. The molecule has 0 aliphatic heterocycles. The first-order chi connectivity index (χ1) is 11.2. The van der Waals surface area contributed by atoms with Crippen LogP contribution in [0.15, 0.2) is 35.5 Å². The molecule has 2 aromatic rings. The van der Waals surface area contributed by atoms with E-state index in [9.17, 15) is 4.79 Å². The summed E-state index contributed by atoms with van der Waals surface area (Å²) >= 11 is 1.58. The van der Waals surface area contributed by atoms with Crippen LogP contribution in [0.2, 0.25) is 0 Å². The Morgan fingerprint density at radius 3 is 2.70 bits per heavy atom. The molecule has 7 heteroatoms. The van der Waals surface area contributed by atoms with Crippen LogP contribution in [-0.4, -0.2) is 38.4 Å². The van der Waals surface area contributed by atoms with Gasteiger partial charge in [-0.3, -0.25) is 4.79 Å². The number of rotatable bonds is 9. The lowest BCUT2D eigenvalue weighted by atomic mass is 10.2. The van der Waals surface area contributed by atoms with Crippen molar-refractivity contribution in [2.75, 3.05) is 17.2 Å². The number of anilines is 1. The van der Waals surface area contributed by atoms with Gasteiger partial charge in [0.25, 0.3) is 0 Å². The van der Waals surface area contributed by atoms with Gasteiger partial charge in [0.2, 0.25) is 11.1 Å². The summed E-state index contributed by atoms with van der Waals surface area (Å²) in [5.74, 6) is 1.01. The van der Waals surface area contributed by atoms with Crippen LogP contribution < -0.4 is 4.90 Å². The third-order valence-corrected chi connectivity index (χ3v) is 4.55. The number of aromatic nitrogens is 4. The molecule has 1 heterocycles. The fourth-order valence-corrected chi connectivity index (χ4v) is 2.98. The SMILES string of the molecule is CCCCN(C(=O)CCCSc1nnnn1C)c1ccccc1. The van der Waals surface area contributed by atoms with Gasteiger partial charge in [-0.1, -0.05) is 43.3 Å². The van der Waals surface area contributed by atoms with Crippen molar-refractivity contribution in [2.45, 2.75) is 37.8 Å². The second-order valence-electron chi connectivity index (χ2n) is 5.27. The zero-order valence-electron chi connectivity index (χ0n) is 13.7. The van der Waals surface area contributed by atoms with Gasteiger partial charge in [0.05, 0.1) is 0 Å². The fourth-order valence-electron chi connectivity index (χ4n) is 2.19. The number of aryl methyl sites for hydroxylation is 1. The zero-order chi connectivity index (χ0) is 16.5. The number of carbonyl (C=O) groups is 1. The van der Waals surface area contributed by atoms with Crippen LogP contribution in [-0.2, 0) is 11.8 Å². The number of carbonyl (C=O) groups excluding carboxylic acids is 1. The Balaban J connectivity index is 1.84. The van der Waals surface area contributed by atoms with Crippen LogP contribution in [0.5, 0.6) is 0 Å². The molecule has 1 aromatic carbocycles. The molecular formula is C16H23N5OS. The fraction of sp³-hybridized carbons (Fsp3) is 0.500. The molecule has 0 aliphatic rings. The maximum atomic E-state index is 12.5. The number of amides is 1. The van der Waals surface area contributed by atoms with Crippen LogP contribution in [0.4, 0.5) is 5.69 Å². The summed E-state index contributed by atoms with van der Waals surface area (Å²) < 4.78 is 1.64. The lowest BCUT2D eigenvalue weighted by molar-refractivity contribution is -0.118. The van der Waals surface area contributed by atoms with Crippen molar-refractivity contribution in [3.8, 4) is 0 Å². The number of benzene rings is 1. The molecule has 2 rings (SSSR count). The molecule has 0 radical (unpaired) electrons. The lowest BCUT2D eigenvalue weighted by Gasteiger charge is -2.22. The van der Waals surface area contributed by atoms with Crippen molar-refractivity contribution in [1.82, 2.24) is 20.2 Å². The number of hydrogen-bond donors (Lipinski definition) is 0. The van der Waals surface area contributed by atoms with Crippen molar-refractivity contribution >= 4 is 23.4 Å². The van der Waals surface area contributed by atoms with E-state index in [0.29, 0.717) is 6.42 Å². The van der Waals surface area contributed by atoms with Gasteiger partial charge >= 0.3 is 0 Å². The van der Waals surface area contributed by atoms with Crippen LogP contribution in [0.1, 0.15) is 32.6 Å². The van der Waals surface area contributed by atoms with E-state index in [1.165, 1.54) is 0 Å². The quantitative estimate of drug-likeness (QED) is 0.521. The van der Waals surface area contributed by atoms with E-state index in [1.807, 2.05) is 42.3 Å². The first kappa shape index (κ1) is 17.5. The third kappa shape index (κ3) is 5.35. The Morgan fingerprint density at radius 2 is 2.04 bits per heavy atom. The largest absolute Gasteiger partial charge is 0.312 e. The van der Waals surface area contributed by atoms with E-state index in [4.69, 9.17) is 0 Å². The summed E-state index contributed by atoms with van der Waals surface area (Å²) in [7, 11) is 1.81. The molecule has 0 N–H and O–H groups in total. The zero-order valence-corrected chi connectivity index (χ0v) is 14.5.